The largest absolute Gasteiger partial charge is 0.465 e. The highest BCUT2D eigenvalue weighted by molar-refractivity contribution is 5.99. The molecule has 3 heterocycles. The number of nitrogens with zero attached hydrogens (tertiary/aromatic N) is 2. The zero-order valence-corrected chi connectivity index (χ0v) is 25.0. The third-order valence-corrected chi connectivity index (χ3v) is 9.21. The summed E-state index contributed by atoms with van der Waals surface area (Å²) in [6.07, 6.45) is 6.72. The summed E-state index contributed by atoms with van der Waals surface area (Å²) in [7, 11) is 0. The maximum Gasteiger partial charge on any atom is 0.312 e. The number of benzene rings is 1. The Morgan fingerprint density at radius 3 is 2.51 bits per heavy atom. The molecule has 2 amide bonds. The molecule has 1 spiro atoms. The van der Waals surface area contributed by atoms with Crippen LogP contribution >= 0.6 is 0 Å². The van der Waals surface area contributed by atoms with Crippen LogP contribution in [0.15, 0.2) is 55.6 Å². The van der Waals surface area contributed by atoms with Crippen molar-refractivity contribution in [1.82, 2.24) is 9.80 Å². The topological polar surface area (TPSA) is 96.4 Å². The van der Waals surface area contributed by atoms with Crippen molar-refractivity contribution in [2.24, 2.45) is 11.8 Å². The molecule has 3 saturated heterocycles. The summed E-state index contributed by atoms with van der Waals surface area (Å²) in [5.41, 5.74) is -1.69. The van der Waals surface area contributed by atoms with E-state index in [0.29, 0.717) is 38.5 Å². The summed E-state index contributed by atoms with van der Waals surface area (Å²) < 4.78 is 12.6. The predicted octanol–water partition coefficient (Wildman–Crippen LogP) is 4.07. The number of hydrogen-bond donors (Lipinski definition) is 1. The fourth-order valence-electron chi connectivity index (χ4n) is 7.29. The standard InChI is InChI=1S/C33H46N2O6/c1-7-10-14-20-40-30(39)26-25-28(37)35(24(22-36)21-23-15-12-11-13-16-23)27(29(38)34(19-8-2)31(4,5)6)33(25)18-17-32(26,9-3)41-33/h7-8,11-13,15-16,24-27,36H,1-2,9-10,14,17-22H2,3-6H3/t24-,25+,26-,27?,32+,33?/m1/s1. The number of hydrogen-bond acceptors (Lipinski definition) is 6. The molecule has 8 nitrogen and oxygen atoms in total. The van der Waals surface area contributed by atoms with Gasteiger partial charge in [-0.3, -0.25) is 14.4 Å². The van der Waals surface area contributed by atoms with Gasteiger partial charge in [0.1, 0.15) is 17.6 Å². The van der Waals surface area contributed by atoms with Crippen molar-refractivity contribution in [1.29, 1.82) is 0 Å². The third-order valence-electron chi connectivity index (χ3n) is 9.21. The van der Waals surface area contributed by atoms with Crippen molar-refractivity contribution >= 4 is 17.8 Å². The lowest BCUT2D eigenvalue weighted by atomic mass is 9.65. The second kappa shape index (κ2) is 12.1. The van der Waals surface area contributed by atoms with Gasteiger partial charge in [0.05, 0.1) is 30.8 Å². The molecule has 3 fully saturated rings. The Bertz CT molecular complexity index is 1150. The molecular weight excluding hydrogens is 520 g/mol. The van der Waals surface area contributed by atoms with Crippen LogP contribution in [0.2, 0.25) is 0 Å². The monoisotopic (exact) mass is 566 g/mol. The molecule has 6 atom stereocenters. The lowest BCUT2D eigenvalue weighted by Gasteiger charge is -2.43. The molecule has 41 heavy (non-hydrogen) atoms. The van der Waals surface area contributed by atoms with E-state index in [-0.39, 0.29) is 31.6 Å². The number of aliphatic hydroxyl groups excluding tert-OH is 1. The number of esters is 1. The van der Waals surface area contributed by atoms with E-state index < -0.39 is 46.6 Å². The average molecular weight is 567 g/mol. The number of unbranched alkanes of at least 4 members (excludes halogenated alkanes) is 1. The van der Waals surface area contributed by atoms with Gasteiger partial charge in [-0.15, -0.1) is 13.2 Å². The number of fused-ring (bicyclic) bond motifs is 1. The van der Waals surface area contributed by atoms with Crippen molar-refractivity contribution in [3.05, 3.63) is 61.2 Å². The molecule has 8 heteroatoms. The van der Waals surface area contributed by atoms with Crippen molar-refractivity contribution < 1.29 is 29.0 Å². The molecule has 0 saturated carbocycles. The Morgan fingerprint density at radius 2 is 1.93 bits per heavy atom. The van der Waals surface area contributed by atoms with E-state index in [4.69, 9.17) is 9.47 Å². The first-order valence-corrected chi connectivity index (χ1v) is 14.9. The van der Waals surface area contributed by atoms with E-state index in [1.165, 1.54) is 0 Å². The first-order chi connectivity index (χ1) is 19.5. The summed E-state index contributed by atoms with van der Waals surface area (Å²) in [5, 5.41) is 10.7. The summed E-state index contributed by atoms with van der Waals surface area (Å²) in [6.45, 7) is 15.6. The minimum atomic E-state index is -1.19. The Kier molecular flexibility index (Phi) is 9.14. The second-order valence-electron chi connectivity index (χ2n) is 12.6. The normalized spacial score (nSPS) is 29.2. The van der Waals surface area contributed by atoms with E-state index in [0.717, 1.165) is 5.56 Å². The molecule has 3 aliphatic heterocycles. The van der Waals surface area contributed by atoms with E-state index in [1.807, 2.05) is 58.0 Å². The SMILES string of the molecule is C=CCCCOC(=O)[C@H]1[C@H]2C(=O)N([C@@H](CO)Cc3ccccc3)C(C(=O)N(CC=C)C(C)(C)C)C23CC[C@]1(CC)O3. The van der Waals surface area contributed by atoms with Crippen LogP contribution in [-0.2, 0) is 30.3 Å². The summed E-state index contributed by atoms with van der Waals surface area (Å²) in [4.78, 5) is 46.2. The molecular formula is C33H46N2O6. The van der Waals surface area contributed by atoms with E-state index in [1.54, 1.807) is 22.0 Å². The quantitative estimate of drug-likeness (QED) is 0.220. The fraction of sp³-hybridized carbons (Fsp3) is 0.606. The molecule has 1 N–H and O–H groups in total. The molecule has 0 aromatic heterocycles. The second-order valence-corrected chi connectivity index (χ2v) is 12.6. The number of allylic oxidation sites excluding steroid dienone is 1. The van der Waals surface area contributed by atoms with E-state index in [9.17, 15) is 19.5 Å². The van der Waals surface area contributed by atoms with Crippen LogP contribution in [0.1, 0.15) is 65.4 Å². The Morgan fingerprint density at radius 1 is 1.22 bits per heavy atom. The first kappa shape index (κ1) is 31.0. The molecule has 2 bridgehead atoms. The van der Waals surface area contributed by atoms with Crippen LogP contribution in [0, 0.1) is 11.8 Å². The van der Waals surface area contributed by atoms with E-state index in [2.05, 4.69) is 13.2 Å². The highest BCUT2D eigenvalue weighted by Gasteiger charge is 2.79. The van der Waals surface area contributed by atoms with Crippen LogP contribution in [0.25, 0.3) is 0 Å². The Labute approximate surface area is 244 Å². The van der Waals surface area contributed by atoms with Gasteiger partial charge in [-0.1, -0.05) is 49.4 Å². The van der Waals surface area contributed by atoms with E-state index >= 15 is 0 Å². The number of likely N-dealkylation sites (tertiary alicyclic amines) is 1. The molecule has 224 valence electrons. The molecule has 1 aromatic carbocycles. The van der Waals surface area contributed by atoms with Gasteiger partial charge >= 0.3 is 5.97 Å². The molecule has 0 aliphatic carbocycles. The van der Waals surface area contributed by atoms with Crippen molar-refractivity contribution in [2.75, 3.05) is 19.8 Å². The van der Waals surface area contributed by atoms with Crippen LogP contribution in [0.5, 0.6) is 0 Å². The minimum Gasteiger partial charge on any atom is -0.465 e. The maximum atomic E-state index is 14.6. The predicted molar refractivity (Wildman–Crippen MR) is 157 cm³/mol. The Balaban J connectivity index is 1.81. The zero-order chi connectivity index (χ0) is 30.0. The number of ether oxygens (including phenoxy) is 2. The highest BCUT2D eigenvalue weighted by Crippen LogP contribution is 2.65. The van der Waals surface area contributed by atoms with Crippen molar-refractivity contribution in [2.45, 2.75) is 95.0 Å². The van der Waals surface area contributed by atoms with Crippen molar-refractivity contribution in [3.8, 4) is 0 Å². The average Bonchev–Trinajstić information content (AvgIpc) is 3.56. The first-order valence-electron chi connectivity index (χ1n) is 14.9. The van der Waals surface area contributed by atoms with Gasteiger partial charge in [0.25, 0.3) is 0 Å². The number of rotatable bonds is 13. The van der Waals surface area contributed by atoms with Gasteiger partial charge in [0.15, 0.2) is 0 Å². The molecule has 3 aliphatic rings. The van der Waals surface area contributed by atoms with Crippen LogP contribution in [0.3, 0.4) is 0 Å². The molecule has 0 radical (unpaired) electrons. The lowest BCUT2D eigenvalue weighted by molar-refractivity contribution is -0.164. The lowest BCUT2D eigenvalue weighted by Crippen LogP contribution is -2.62. The zero-order valence-electron chi connectivity index (χ0n) is 25.0. The smallest absolute Gasteiger partial charge is 0.312 e. The van der Waals surface area contributed by atoms with Crippen molar-refractivity contribution in [3.63, 3.8) is 0 Å². The number of amides is 2. The van der Waals surface area contributed by atoms with Gasteiger partial charge in [-0.2, -0.15) is 0 Å². The van der Waals surface area contributed by atoms with Crippen LogP contribution < -0.4 is 0 Å². The molecule has 1 aromatic rings. The third kappa shape index (κ3) is 5.37. The van der Waals surface area contributed by atoms with Gasteiger partial charge in [-0.25, -0.2) is 0 Å². The van der Waals surface area contributed by atoms with Crippen LogP contribution in [0.4, 0.5) is 0 Å². The van der Waals surface area contributed by atoms with Gasteiger partial charge in [-0.05, 0) is 64.9 Å². The molecule has 2 unspecified atom stereocenters. The van der Waals surface area contributed by atoms with Gasteiger partial charge in [0.2, 0.25) is 11.8 Å². The summed E-state index contributed by atoms with van der Waals surface area (Å²) >= 11 is 0. The summed E-state index contributed by atoms with van der Waals surface area (Å²) in [6, 6.07) is 7.94. The maximum absolute atomic E-state index is 14.6. The van der Waals surface area contributed by atoms with Gasteiger partial charge in [0, 0.05) is 12.1 Å². The summed E-state index contributed by atoms with van der Waals surface area (Å²) in [5.74, 6) is -2.73. The number of aliphatic hydroxyl groups is 1. The number of carbonyl (C=O) groups excluding carboxylic acids is 3. The fourth-order valence-corrected chi connectivity index (χ4v) is 7.29. The van der Waals surface area contributed by atoms with Gasteiger partial charge < -0.3 is 24.4 Å². The minimum absolute atomic E-state index is 0.228. The van der Waals surface area contributed by atoms with Crippen LogP contribution in [-0.4, -0.2) is 81.3 Å². The Hall–Kier alpha value is -2.97. The molecule has 4 rings (SSSR count). The highest BCUT2D eigenvalue weighted by atomic mass is 16.6. The number of carbonyl (C=O) groups is 3.